The van der Waals surface area contributed by atoms with Crippen LogP contribution in [0.25, 0.3) is 0 Å². The third kappa shape index (κ3) is 20.6. The number of cyclic esters (lactones) is 2. The molecule has 5 atom stereocenters. The van der Waals surface area contributed by atoms with Crippen LogP contribution in [0.1, 0.15) is 256 Å². The summed E-state index contributed by atoms with van der Waals surface area (Å²) in [4.78, 5) is 57.8. The molecule has 9 rings (SSSR count). The molecule has 2 aliphatic carbocycles. The Morgan fingerprint density at radius 1 is 0.443 bits per heavy atom. The van der Waals surface area contributed by atoms with Crippen LogP contribution in [0.5, 0.6) is 0 Å². The number of methoxy groups -OCH3 is 2. The molecule has 15 nitrogen and oxygen atoms in total. The number of alkyl halides is 7. The second-order valence-electron chi connectivity index (χ2n) is 33.7. The van der Waals surface area contributed by atoms with Crippen molar-refractivity contribution < 1.29 is 104 Å². The van der Waals surface area contributed by atoms with Crippen LogP contribution in [0.4, 0.5) is 30.7 Å². The summed E-state index contributed by atoms with van der Waals surface area (Å²) in [6.45, 7) is 31.7. The highest BCUT2D eigenvalue weighted by atomic mass is 19.4. The number of benzene rings is 5. The second-order valence-corrected chi connectivity index (χ2v) is 33.7. The number of ether oxygens (including phenoxy) is 4. The van der Waals surface area contributed by atoms with Crippen LogP contribution in [-0.4, -0.2) is 106 Å². The van der Waals surface area contributed by atoms with Gasteiger partial charge in [-0.05, 0) is 178 Å². The summed E-state index contributed by atoms with van der Waals surface area (Å²) in [6.07, 6.45) is 5.24. The highest BCUT2D eigenvalue weighted by Crippen LogP contribution is 2.47. The van der Waals surface area contributed by atoms with E-state index in [9.17, 15) is 85.3 Å². The van der Waals surface area contributed by atoms with Crippen molar-refractivity contribution in [2.45, 2.75) is 274 Å². The Balaban J connectivity index is 0.000000240. The number of aliphatic hydroxyl groups is 6. The van der Waals surface area contributed by atoms with Crippen molar-refractivity contribution in [3.05, 3.63) is 176 Å². The van der Waals surface area contributed by atoms with Gasteiger partial charge < -0.3 is 49.6 Å². The number of esters is 4. The smallest absolute Gasteiger partial charge is 0.421 e. The summed E-state index contributed by atoms with van der Waals surface area (Å²) >= 11 is 0. The average molecular weight is 1500 g/mol. The summed E-state index contributed by atoms with van der Waals surface area (Å²) in [5.74, 6) is -12.8. The molecule has 6 N–H and O–H groups in total. The monoisotopic (exact) mass is 1490 g/mol. The van der Waals surface area contributed by atoms with Crippen LogP contribution in [0.15, 0.2) is 115 Å². The van der Waals surface area contributed by atoms with E-state index in [1.807, 2.05) is 77.1 Å². The molecule has 4 fully saturated rings. The summed E-state index contributed by atoms with van der Waals surface area (Å²) in [5.41, 5.74) is -5.02. The Labute approximate surface area is 621 Å². The van der Waals surface area contributed by atoms with Gasteiger partial charge in [-0.3, -0.25) is 14.4 Å². The number of Topliss-reactive ketones (excluding diaryl/α,β-unsaturated/α-hetero) is 1. The van der Waals surface area contributed by atoms with Crippen molar-refractivity contribution in [3.63, 3.8) is 0 Å². The first-order valence-electron chi connectivity index (χ1n) is 36.0. The number of ketones is 1. The molecule has 2 saturated heterocycles. The predicted octanol–water partition coefficient (Wildman–Crippen LogP) is 16.5. The lowest BCUT2D eigenvalue weighted by Crippen LogP contribution is -2.49. The van der Waals surface area contributed by atoms with Crippen LogP contribution < -0.4 is 0 Å². The van der Waals surface area contributed by atoms with E-state index >= 15 is 0 Å². The minimum Gasteiger partial charge on any atom is -0.465 e. The minimum absolute atomic E-state index is 0.0126. The third-order valence-electron chi connectivity index (χ3n) is 21.8. The average Bonchev–Trinajstić information content (AvgIpc) is 0.877. The lowest BCUT2D eigenvalue weighted by Gasteiger charge is -2.35. The Morgan fingerprint density at radius 3 is 1.25 bits per heavy atom. The largest absolute Gasteiger partial charge is 0.465 e. The van der Waals surface area contributed by atoms with Crippen molar-refractivity contribution in [1.82, 2.24) is 0 Å². The highest BCUT2D eigenvalue weighted by molar-refractivity contribution is 5.81. The molecule has 22 heteroatoms. The molecule has 5 aromatic carbocycles. The van der Waals surface area contributed by atoms with Crippen LogP contribution in [0.3, 0.4) is 0 Å². The van der Waals surface area contributed by atoms with Crippen LogP contribution in [0, 0.1) is 11.8 Å². The second kappa shape index (κ2) is 33.0. The summed E-state index contributed by atoms with van der Waals surface area (Å²) < 4.78 is 113. The maximum atomic E-state index is 14.3. The van der Waals surface area contributed by atoms with Gasteiger partial charge in [0.05, 0.1) is 61.5 Å². The molecule has 106 heavy (non-hydrogen) atoms. The first kappa shape index (κ1) is 89.5. The number of carbonyl (C=O) groups excluding carboxylic acids is 5. The summed E-state index contributed by atoms with van der Waals surface area (Å²) in [7, 11) is 1.56. The zero-order valence-electron chi connectivity index (χ0n) is 65.3. The summed E-state index contributed by atoms with van der Waals surface area (Å²) in [6, 6.07) is 32.1. The molecule has 0 aromatic heterocycles. The van der Waals surface area contributed by atoms with Gasteiger partial charge in [-0.1, -0.05) is 197 Å². The van der Waals surface area contributed by atoms with Gasteiger partial charge in [-0.15, -0.1) is 0 Å². The molecule has 588 valence electrons. The van der Waals surface area contributed by atoms with Gasteiger partial charge in [0.15, 0.2) is 11.2 Å². The van der Waals surface area contributed by atoms with E-state index < -0.39 is 85.9 Å². The lowest BCUT2D eigenvalue weighted by molar-refractivity contribution is -0.258. The van der Waals surface area contributed by atoms with Gasteiger partial charge in [0, 0.05) is 18.3 Å². The van der Waals surface area contributed by atoms with E-state index in [1.54, 1.807) is 40.7 Å². The van der Waals surface area contributed by atoms with Gasteiger partial charge in [0.2, 0.25) is 0 Å². The van der Waals surface area contributed by atoms with Gasteiger partial charge in [-0.2, -0.15) is 30.7 Å². The quantitative estimate of drug-likeness (QED) is 0.0324. The van der Waals surface area contributed by atoms with Crippen molar-refractivity contribution >= 4 is 29.7 Å². The predicted molar refractivity (Wildman–Crippen MR) is 391 cm³/mol. The van der Waals surface area contributed by atoms with E-state index in [0.29, 0.717) is 69.6 Å². The van der Waals surface area contributed by atoms with E-state index in [-0.39, 0.29) is 45.6 Å². The SMILES string of the molecule is CC(C)(C)c1cc(C(C)(C)O)cc(C(C)(C)O)c1.CC(C)(C)c1cccc(C(C)(O)C(F)(F)F)c1.CC(C)(c1cccc(C(C)(O)C2CCOC2=O)c1)C1CCOC1=O.CC1(c2ccc(C3(O)CCC(=O)CC3)cc2)CCCCC1.COC(=O)C(F)(F)C(C)(C)c1ccc(C(C)(O)C(F)(F)C(=O)OC)cc1. The summed E-state index contributed by atoms with van der Waals surface area (Å²) in [5, 5.41) is 61.8. The number of halogens is 7. The molecule has 0 bridgehead atoms. The van der Waals surface area contributed by atoms with Gasteiger partial charge in [0.1, 0.15) is 11.4 Å². The maximum absolute atomic E-state index is 14.3. The number of hydrogen-bond acceptors (Lipinski definition) is 15. The van der Waals surface area contributed by atoms with E-state index in [1.165, 1.54) is 55.9 Å². The molecule has 2 saturated carbocycles. The van der Waals surface area contributed by atoms with Gasteiger partial charge >= 0.3 is 41.9 Å². The minimum atomic E-state index is -4.68. The molecule has 5 aromatic rings. The van der Waals surface area contributed by atoms with Gasteiger partial charge in [-0.25, -0.2) is 9.59 Å². The Hall–Kier alpha value is -7.08. The van der Waals surface area contributed by atoms with E-state index in [4.69, 9.17) is 9.47 Å². The standard InChI is InChI=1S/C19H24O5.C19H26O2.C17H20F4O5.C16H26O2.C13H17F3O/c1-18(2,14-7-9-23-16(14)20)12-5-4-6-13(11-12)19(3,22)15-8-10-24-17(15)21;1-18(11-3-2-4-12-18)15-5-7-16(8-6-15)19(21)13-9-17(20)10-14-19;1-14(2,16(18,19)12(22)25-4)10-6-8-11(9-7-10)15(3,24)17(20,21)13(23)26-5;1-14(2,3)11-8-12(15(4,5)17)10-13(9-11)16(6,7)18;1-11(2,3)9-6-5-7-10(8-9)12(4,17)13(14,15)16/h4-6,11,14-15,22H,7-10H2,1-3H3;5-8,21H,2-4,9-14H2,1H3;6-9,24H,1-5H3;8-10,17-18H,1-7H3;5-8,17H,1-4H3. The van der Waals surface area contributed by atoms with E-state index in [2.05, 4.69) is 61.4 Å². The maximum Gasteiger partial charge on any atom is 0.421 e. The molecule has 4 aliphatic rings. The molecule has 2 heterocycles. The molecule has 0 amide bonds. The van der Waals surface area contributed by atoms with Crippen molar-refractivity contribution in [2.75, 3.05) is 27.4 Å². The van der Waals surface area contributed by atoms with Gasteiger partial charge in [0.25, 0.3) is 0 Å². The molecular formula is C84H113F7O15. The fourth-order valence-electron chi connectivity index (χ4n) is 13.3. The first-order chi connectivity index (χ1) is 48.2. The van der Waals surface area contributed by atoms with Crippen LogP contribution >= 0.6 is 0 Å². The number of carbonyl (C=O) groups is 5. The third-order valence-corrected chi connectivity index (χ3v) is 21.8. The normalized spacial score (nSPS) is 19.7. The zero-order valence-corrected chi connectivity index (χ0v) is 65.3. The molecule has 0 spiro atoms. The zero-order chi connectivity index (χ0) is 80.8. The molecule has 2 aliphatic heterocycles. The molecule has 0 radical (unpaired) electrons. The Morgan fingerprint density at radius 2 is 0.830 bits per heavy atom. The fourth-order valence-corrected chi connectivity index (χ4v) is 13.3. The van der Waals surface area contributed by atoms with Crippen molar-refractivity contribution in [1.29, 1.82) is 0 Å². The van der Waals surface area contributed by atoms with Crippen LogP contribution in [-0.2, 0) is 104 Å². The first-order valence-corrected chi connectivity index (χ1v) is 36.0. The van der Waals surface area contributed by atoms with Crippen molar-refractivity contribution in [2.24, 2.45) is 11.8 Å². The molecular weight excluding hydrogens is 1380 g/mol. The highest BCUT2D eigenvalue weighted by Gasteiger charge is 2.59. The fraction of sp³-hybridized carbons (Fsp3) is 0.583. The van der Waals surface area contributed by atoms with E-state index in [0.717, 1.165) is 92.6 Å². The van der Waals surface area contributed by atoms with Crippen molar-refractivity contribution in [3.8, 4) is 0 Å². The number of rotatable bonds is 15. The molecule has 5 unspecified atom stereocenters. The Kier molecular flexibility index (Phi) is 27.9. The van der Waals surface area contributed by atoms with Crippen LogP contribution in [0.2, 0.25) is 0 Å². The lowest BCUT2D eigenvalue weighted by atomic mass is 9.70. The Bertz CT molecular complexity index is 3630. The number of hydrogen-bond donors (Lipinski definition) is 6. The topological polar surface area (TPSA) is 244 Å².